The lowest BCUT2D eigenvalue weighted by molar-refractivity contribution is -0.118. The molecule has 1 amide bonds. The van der Waals surface area contributed by atoms with Crippen LogP contribution in [0, 0.1) is 0 Å². The Hall–Kier alpha value is -3.08. The summed E-state index contributed by atoms with van der Waals surface area (Å²) >= 11 is 0. The third kappa shape index (κ3) is 3.08. The Morgan fingerprint density at radius 1 is 1.15 bits per heavy atom. The molecule has 1 atom stereocenters. The first-order valence-corrected chi connectivity index (χ1v) is 8.79. The van der Waals surface area contributed by atoms with Crippen molar-refractivity contribution in [1.82, 2.24) is 4.98 Å². The number of nitrogens with one attached hydrogen (secondary N) is 1. The van der Waals surface area contributed by atoms with Crippen LogP contribution in [0.2, 0.25) is 0 Å². The highest BCUT2D eigenvalue weighted by atomic mass is 16.4. The summed E-state index contributed by atoms with van der Waals surface area (Å²) < 4.78 is 5.92. The van der Waals surface area contributed by atoms with E-state index in [2.05, 4.69) is 16.4 Å². The van der Waals surface area contributed by atoms with Gasteiger partial charge in [0.2, 0.25) is 11.8 Å². The van der Waals surface area contributed by atoms with Crippen LogP contribution < -0.4 is 10.2 Å². The molecule has 1 aliphatic heterocycles. The first-order valence-electron chi connectivity index (χ1n) is 8.79. The molecule has 3 aromatic rings. The second kappa shape index (κ2) is 6.67. The predicted octanol–water partition coefficient (Wildman–Crippen LogP) is 4.42. The van der Waals surface area contributed by atoms with Crippen molar-refractivity contribution >= 4 is 17.3 Å². The van der Waals surface area contributed by atoms with Gasteiger partial charge in [0, 0.05) is 30.4 Å². The number of oxazole rings is 1. The van der Waals surface area contributed by atoms with Crippen LogP contribution >= 0.6 is 0 Å². The molecule has 0 fully saturated rings. The summed E-state index contributed by atoms with van der Waals surface area (Å²) in [7, 11) is 1.83. The Bertz CT molecular complexity index is 933. The molecule has 26 heavy (non-hydrogen) atoms. The number of aromatic nitrogens is 1. The van der Waals surface area contributed by atoms with Crippen LogP contribution in [0.25, 0.3) is 11.3 Å². The van der Waals surface area contributed by atoms with Crippen molar-refractivity contribution in [1.29, 1.82) is 0 Å². The Morgan fingerprint density at radius 3 is 2.77 bits per heavy atom. The molecule has 1 N–H and O–H groups in total. The van der Waals surface area contributed by atoms with E-state index in [-0.39, 0.29) is 11.9 Å². The van der Waals surface area contributed by atoms with Crippen LogP contribution in [-0.2, 0) is 11.2 Å². The zero-order valence-electron chi connectivity index (χ0n) is 14.9. The first kappa shape index (κ1) is 16.4. The molecule has 1 aromatic heterocycles. The van der Waals surface area contributed by atoms with Crippen molar-refractivity contribution in [2.75, 3.05) is 17.3 Å². The minimum Gasteiger partial charge on any atom is -0.438 e. The second-order valence-corrected chi connectivity index (χ2v) is 6.59. The minimum absolute atomic E-state index is 0.0616. The summed E-state index contributed by atoms with van der Waals surface area (Å²) in [6, 6.07) is 16.0. The lowest BCUT2D eigenvalue weighted by Gasteiger charge is -2.26. The topological polar surface area (TPSA) is 58.4 Å². The summed E-state index contributed by atoms with van der Waals surface area (Å²) in [4.78, 5) is 18.0. The predicted molar refractivity (Wildman–Crippen MR) is 102 cm³/mol. The molecule has 4 rings (SSSR count). The maximum absolute atomic E-state index is 11.8. The van der Waals surface area contributed by atoms with E-state index >= 15 is 0 Å². The lowest BCUT2D eigenvalue weighted by Crippen LogP contribution is -2.31. The van der Waals surface area contributed by atoms with Gasteiger partial charge in [-0.1, -0.05) is 30.3 Å². The first-order chi connectivity index (χ1) is 12.6. The molecule has 0 saturated heterocycles. The van der Waals surface area contributed by atoms with E-state index < -0.39 is 0 Å². The zero-order chi connectivity index (χ0) is 18.1. The molecule has 0 saturated carbocycles. The molecule has 0 bridgehead atoms. The van der Waals surface area contributed by atoms with Crippen molar-refractivity contribution in [3.05, 3.63) is 66.2 Å². The van der Waals surface area contributed by atoms with E-state index in [4.69, 9.17) is 4.42 Å². The van der Waals surface area contributed by atoms with Gasteiger partial charge in [0.25, 0.3) is 0 Å². The highest BCUT2D eigenvalue weighted by Crippen LogP contribution is 2.31. The summed E-state index contributed by atoms with van der Waals surface area (Å²) in [5, 5.41) is 3.44. The maximum Gasteiger partial charge on any atom is 0.227 e. The van der Waals surface area contributed by atoms with Crippen LogP contribution in [0.5, 0.6) is 0 Å². The molecule has 2 aromatic carbocycles. The number of nitrogens with zero attached hydrogens (tertiary/aromatic N) is 2. The number of hydrogen-bond donors (Lipinski definition) is 1. The molecule has 5 heteroatoms. The smallest absolute Gasteiger partial charge is 0.227 e. The number of rotatable bonds is 4. The van der Waals surface area contributed by atoms with Gasteiger partial charge < -0.3 is 14.6 Å². The van der Waals surface area contributed by atoms with E-state index in [1.54, 1.807) is 11.1 Å². The normalized spacial score (nSPS) is 14.8. The number of amides is 1. The van der Waals surface area contributed by atoms with Crippen molar-refractivity contribution in [3.63, 3.8) is 0 Å². The quantitative estimate of drug-likeness (QED) is 0.759. The zero-order valence-corrected chi connectivity index (χ0v) is 14.9. The average molecular weight is 347 g/mol. The van der Waals surface area contributed by atoms with E-state index in [9.17, 15) is 4.79 Å². The molecule has 0 spiro atoms. The third-order valence-electron chi connectivity index (χ3n) is 4.76. The number of fused-ring (bicyclic) bond motifs is 1. The van der Waals surface area contributed by atoms with Gasteiger partial charge in [-0.3, -0.25) is 4.79 Å². The Kier molecular flexibility index (Phi) is 4.21. The molecule has 0 aliphatic carbocycles. The minimum atomic E-state index is -0.0616. The van der Waals surface area contributed by atoms with Gasteiger partial charge >= 0.3 is 0 Å². The Balaban J connectivity index is 1.51. The van der Waals surface area contributed by atoms with Gasteiger partial charge in [0.1, 0.15) is 6.04 Å². The Morgan fingerprint density at radius 2 is 1.96 bits per heavy atom. The summed E-state index contributed by atoms with van der Waals surface area (Å²) in [5.74, 6) is 1.58. The number of aryl methyl sites for hydroxylation is 1. The number of carbonyl (C=O) groups is 1. The van der Waals surface area contributed by atoms with E-state index in [1.807, 2.05) is 56.4 Å². The van der Waals surface area contributed by atoms with E-state index in [0.29, 0.717) is 12.3 Å². The number of carbonyl (C=O) groups excluding carboxylic acids is 1. The average Bonchev–Trinajstić information content (AvgIpc) is 3.16. The number of anilines is 2. The highest BCUT2D eigenvalue weighted by Gasteiger charge is 2.21. The van der Waals surface area contributed by atoms with Gasteiger partial charge in [-0.05, 0) is 37.1 Å². The SMILES string of the molecule is C[C@H](Nc1ccc2c(c1)CCC(=O)N2C)c1ncc(-c2ccccc2)o1. The molecule has 0 radical (unpaired) electrons. The number of hydrogen-bond acceptors (Lipinski definition) is 4. The molecule has 0 unspecified atom stereocenters. The van der Waals surface area contributed by atoms with Crippen LogP contribution in [0.3, 0.4) is 0 Å². The van der Waals surface area contributed by atoms with Crippen LogP contribution in [-0.4, -0.2) is 17.9 Å². The van der Waals surface area contributed by atoms with Gasteiger partial charge in [-0.15, -0.1) is 0 Å². The third-order valence-corrected chi connectivity index (χ3v) is 4.76. The molecular formula is C21H21N3O2. The van der Waals surface area contributed by atoms with E-state index in [0.717, 1.165) is 29.1 Å². The van der Waals surface area contributed by atoms with Crippen molar-refractivity contribution in [2.24, 2.45) is 0 Å². The fourth-order valence-corrected chi connectivity index (χ4v) is 3.28. The molecule has 5 nitrogen and oxygen atoms in total. The van der Waals surface area contributed by atoms with Crippen LogP contribution in [0.1, 0.15) is 30.8 Å². The van der Waals surface area contributed by atoms with Gasteiger partial charge in [-0.25, -0.2) is 4.98 Å². The largest absolute Gasteiger partial charge is 0.438 e. The van der Waals surface area contributed by atoms with Gasteiger partial charge in [0.15, 0.2) is 5.76 Å². The second-order valence-electron chi connectivity index (χ2n) is 6.59. The molecular weight excluding hydrogens is 326 g/mol. The fraction of sp³-hybridized carbons (Fsp3) is 0.238. The summed E-state index contributed by atoms with van der Waals surface area (Å²) in [5.41, 5.74) is 4.18. The molecule has 1 aliphatic rings. The fourth-order valence-electron chi connectivity index (χ4n) is 3.28. The summed E-state index contributed by atoms with van der Waals surface area (Å²) in [6.07, 6.45) is 3.10. The standard InChI is InChI=1S/C21H21N3O2/c1-14(21-22-13-19(26-21)15-6-4-3-5-7-15)23-17-9-10-18-16(12-17)8-11-20(25)24(18)2/h3-7,9-10,12-14,23H,8,11H2,1-2H3/t14-/m0/s1. The summed E-state index contributed by atoms with van der Waals surface area (Å²) in [6.45, 7) is 2.02. The monoisotopic (exact) mass is 347 g/mol. The van der Waals surface area contributed by atoms with Gasteiger partial charge in [0.05, 0.1) is 6.20 Å². The molecule has 2 heterocycles. The van der Waals surface area contributed by atoms with E-state index in [1.165, 1.54) is 5.56 Å². The van der Waals surface area contributed by atoms with Crippen LogP contribution in [0.4, 0.5) is 11.4 Å². The van der Waals surface area contributed by atoms with Crippen molar-refractivity contribution in [2.45, 2.75) is 25.8 Å². The lowest BCUT2D eigenvalue weighted by atomic mass is 10.0. The van der Waals surface area contributed by atoms with Crippen molar-refractivity contribution in [3.8, 4) is 11.3 Å². The molecule has 132 valence electrons. The highest BCUT2D eigenvalue weighted by molar-refractivity contribution is 5.96. The van der Waals surface area contributed by atoms with Gasteiger partial charge in [-0.2, -0.15) is 0 Å². The maximum atomic E-state index is 11.8. The van der Waals surface area contributed by atoms with Crippen molar-refractivity contribution < 1.29 is 9.21 Å². The Labute approximate surface area is 152 Å². The van der Waals surface area contributed by atoms with Crippen LogP contribution in [0.15, 0.2) is 59.1 Å². The number of benzene rings is 2.